The molecular formula is C24H26F5N5O3S. The van der Waals surface area contributed by atoms with Crippen LogP contribution in [0.1, 0.15) is 12.5 Å². The van der Waals surface area contributed by atoms with Crippen molar-refractivity contribution in [3.63, 3.8) is 0 Å². The van der Waals surface area contributed by atoms with Crippen LogP contribution in [0.3, 0.4) is 0 Å². The molecule has 8 nitrogen and oxygen atoms in total. The van der Waals surface area contributed by atoms with Crippen molar-refractivity contribution in [1.82, 2.24) is 14.9 Å². The Labute approximate surface area is 216 Å². The second kappa shape index (κ2) is 11.9. The smallest absolute Gasteiger partial charge is 0.263 e. The molecule has 0 aliphatic carbocycles. The first-order valence-corrected chi connectivity index (χ1v) is 13.6. The second-order valence-corrected chi connectivity index (χ2v) is 11.2. The zero-order chi connectivity index (χ0) is 28.2. The monoisotopic (exact) mass is 559 g/mol. The number of amides is 1. The maximum absolute atomic E-state index is 14.1. The van der Waals surface area contributed by atoms with Crippen LogP contribution in [0.4, 0.5) is 39.1 Å². The molecule has 1 heterocycles. The van der Waals surface area contributed by atoms with E-state index in [0.717, 1.165) is 12.1 Å². The van der Waals surface area contributed by atoms with Crippen LogP contribution < -0.4 is 10.1 Å². The molecule has 1 N–H and O–H groups in total. The number of hydrogen-bond donors (Lipinski definition) is 1. The van der Waals surface area contributed by atoms with Crippen molar-refractivity contribution in [2.75, 3.05) is 30.9 Å². The minimum atomic E-state index is -3.03. The van der Waals surface area contributed by atoms with E-state index < -0.39 is 53.5 Å². The van der Waals surface area contributed by atoms with Crippen molar-refractivity contribution in [1.29, 1.82) is 0 Å². The van der Waals surface area contributed by atoms with Gasteiger partial charge in [0.15, 0.2) is 6.10 Å². The summed E-state index contributed by atoms with van der Waals surface area (Å²) in [5.41, 5.74) is 1.80. The maximum Gasteiger partial charge on any atom is 0.263 e. The van der Waals surface area contributed by atoms with Gasteiger partial charge in [-0.05, 0) is 43.7 Å². The highest BCUT2D eigenvalue weighted by molar-refractivity contribution is 7.92. The Morgan fingerprint density at radius 2 is 1.76 bits per heavy atom. The summed E-state index contributed by atoms with van der Waals surface area (Å²) in [6.45, 7) is 0.565. The van der Waals surface area contributed by atoms with Gasteiger partial charge in [0.05, 0.1) is 30.0 Å². The molecule has 0 unspecified atom stereocenters. The van der Waals surface area contributed by atoms with Crippen LogP contribution in [0.5, 0.6) is 5.75 Å². The van der Waals surface area contributed by atoms with Crippen LogP contribution in [0, 0.1) is 12.7 Å². The Morgan fingerprint density at radius 3 is 2.37 bits per heavy atom. The minimum absolute atomic E-state index is 0.165. The van der Waals surface area contributed by atoms with Crippen molar-refractivity contribution in [2.24, 2.45) is 4.36 Å². The molecule has 3 aromatic rings. The summed E-state index contributed by atoms with van der Waals surface area (Å²) in [5.74, 6) is -1.71. The number of nitrogens with zero attached hydrogens (tertiary/aromatic N) is 4. The molecule has 0 aliphatic rings. The van der Waals surface area contributed by atoms with Crippen LogP contribution in [-0.2, 0) is 14.5 Å². The van der Waals surface area contributed by atoms with Gasteiger partial charge in [0.25, 0.3) is 18.8 Å². The Kier molecular flexibility index (Phi) is 9.07. The summed E-state index contributed by atoms with van der Waals surface area (Å²) in [4.78, 5) is 21.4. The molecule has 0 spiro atoms. The summed E-state index contributed by atoms with van der Waals surface area (Å²) >= 11 is 0. The van der Waals surface area contributed by atoms with Gasteiger partial charge in [-0.1, -0.05) is 0 Å². The number of carbonyl (C=O) groups is 1. The van der Waals surface area contributed by atoms with Gasteiger partial charge in [0.1, 0.15) is 23.7 Å². The Bertz CT molecular complexity index is 1430. The molecule has 0 radical (unpaired) electrons. The molecule has 206 valence electrons. The number of halogens is 5. The topological polar surface area (TPSA) is 96.8 Å². The fraction of sp³-hybridized carbons (Fsp3) is 0.375. The average Bonchev–Trinajstić information content (AvgIpc) is 2.78. The van der Waals surface area contributed by atoms with Gasteiger partial charge in [-0.25, -0.2) is 36.1 Å². The number of aromatic nitrogens is 2. The van der Waals surface area contributed by atoms with Crippen molar-refractivity contribution < 1.29 is 35.7 Å². The number of ether oxygens (including phenoxy) is 1. The molecule has 3 rings (SSSR count). The van der Waals surface area contributed by atoms with Gasteiger partial charge in [-0.2, -0.15) is 4.36 Å². The van der Waals surface area contributed by atoms with E-state index >= 15 is 0 Å². The Morgan fingerprint density at radius 1 is 1.11 bits per heavy atom. The van der Waals surface area contributed by atoms with Crippen LogP contribution in [0.15, 0.2) is 41.0 Å². The van der Waals surface area contributed by atoms with Crippen LogP contribution >= 0.6 is 0 Å². The van der Waals surface area contributed by atoms with Gasteiger partial charge < -0.3 is 15.0 Å². The highest BCUT2D eigenvalue weighted by atomic mass is 32.2. The summed E-state index contributed by atoms with van der Waals surface area (Å²) < 4.78 is 87.3. The number of benzene rings is 2. The lowest BCUT2D eigenvalue weighted by molar-refractivity contribution is -0.142. The number of hydrogen-bond acceptors (Lipinski definition) is 7. The van der Waals surface area contributed by atoms with Gasteiger partial charge >= 0.3 is 0 Å². The van der Waals surface area contributed by atoms with Gasteiger partial charge in [-0.15, -0.1) is 0 Å². The van der Waals surface area contributed by atoms with Crippen molar-refractivity contribution >= 4 is 43.7 Å². The highest BCUT2D eigenvalue weighted by Gasteiger charge is 2.28. The van der Waals surface area contributed by atoms with E-state index in [-0.39, 0.29) is 11.4 Å². The SMILES string of the molecule is Cc1cc(N=S(C)(C)=O)cc2ncnc(Nc3ccc(F)cc3O[C@H](C)C(=O)N(CC(F)F)CC(F)F)c12. The molecule has 2 aromatic carbocycles. The molecule has 1 atom stereocenters. The predicted octanol–water partition coefficient (Wildman–Crippen LogP) is 5.31. The van der Waals surface area contributed by atoms with Crippen LogP contribution in [0.2, 0.25) is 0 Å². The third kappa shape index (κ3) is 7.73. The molecule has 0 bridgehead atoms. The third-order valence-electron chi connectivity index (χ3n) is 5.12. The summed E-state index contributed by atoms with van der Waals surface area (Å²) in [6, 6.07) is 6.73. The molecule has 1 amide bonds. The molecule has 14 heteroatoms. The number of alkyl halides is 4. The number of fused-ring (bicyclic) bond motifs is 1. The molecule has 1 aromatic heterocycles. The van der Waals surface area contributed by atoms with E-state index in [4.69, 9.17) is 4.74 Å². The molecule has 38 heavy (non-hydrogen) atoms. The van der Waals surface area contributed by atoms with Crippen molar-refractivity contribution in [3.05, 3.63) is 48.0 Å². The van der Waals surface area contributed by atoms with E-state index in [1.54, 1.807) is 19.1 Å². The zero-order valence-corrected chi connectivity index (χ0v) is 21.7. The first-order valence-electron chi connectivity index (χ1n) is 11.2. The van der Waals surface area contributed by atoms with Gasteiger partial charge in [-0.3, -0.25) is 4.79 Å². The number of anilines is 2. The average molecular weight is 560 g/mol. The molecular weight excluding hydrogens is 533 g/mol. The van der Waals surface area contributed by atoms with Crippen molar-refractivity contribution in [2.45, 2.75) is 32.8 Å². The minimum Gasteiger partial charge on any atom is -0.479 e. The lowest BCUT2D eigenvalue weighted by atomic mass is 10.1. The molecule has 0 aliphatic heterocycles. The predicted molar refractivity (Wildman–Crippen MR) is 135 cm³/mol. The van der Waals surface area contributed by atoms with E-state index in [1.165, 1.54) is 31.8 Å². The number of carbonyl (C=O) groups excluding carboxylic acids is 1. The van der Waals surface area contributed by atoms with E-state index in [0.29, 0.717) is 32.9 Å². The van der Waals surface area contributed by atoms with Gasteiger partial charge in [0.2, 0.25) is 0 Å². The Hall–Kier alpha value is -3.55. The fourth-order valence-electron chi connectivity index (χ4n) is 3.68. The number of aryl methyl sites for hydroxylation is 1. The largest absolute Gasteiger partial charge is 0.479 e. The number of nitrogens with one attached hydrogen (secondary N) is 1. The quantitative estimate of drug-likeness (QED) is 0.339. The molecule has 0 fully saturated rings. The first-order chi connectivity index (χ1) is 17.7. The second-order valence-electron chi connectivity index (χ2n) is 8.70. The van der Waals surface area contributed by atoms with E-state index in [2.05, 4.69) is 19.6 Å². The zero-order valence-electron chi connectivity index (χ0n) is 20.9. The van der Waals surface area contributed by atoms with Crippen LogP contribution in [-0.4, -0.2) is 69.5 Å². The standard InChI is InChI=1S/C24H26F5N5O3S/c1-13-7-16(33-38(3,4)36)9-18-22(13)23(31-12-30-18)32-17-6-5-15(25)8-19(17)37-14(2)24(35)34(10-20(26)27)11-21(28)29/h5-9,12,14,20-21H,10-11H2,1-4H3,(H,30,31,32)/t14-/m1/s1. The first kappa shape index (κ1) is 29.0. The molecule has 0 saturated carbocycles. The highest BCUT2D eigenvalue weighted by Crippen LogP contribution is 2.34. The number of rotatable bonds is 10. The van der Waals surface area contributed by atoms with Crippen molar-refractivity contribution in [3.8, 4) is 5.75 Å². The maximum atomic E-state index is 14.1. The van der Waals surface area contributed by atoms with E-state index in [9.17, 15) is 31.0 Å². The summed E-state index contributed by atoms with van der Waals surface area (Å²) in [5, 5.41) is 3.57. The van der Waals surface area contributed by atoms with Crippen LogP contribution in [0.25, 0.3) is 10.9 Å². The summed E-state index contributed by atoms with van der Waals surface area (Å²) in [7, 11) is -2.42. The lowest BCUT2D eigenvalue weighted by Crippen LogP contribution is -2.45. The van der Waals surface area contributed by atoms with Gasteiger partial charge in [0, 0.05) is 33.7 Å². The summed E-state index contributed by atoms with van der Waals surface area (Å²) in [6.07, 6.45) is -3.27. The normalized spacial score (nSPS) is 12.6. The Balaban J connectivity index is 1.95. The third-order valence-corrected chi connectivity index (χ3v) is 5.77. The fourth-order valence-corrected chi connectivity index (χ4v) is 4.30. The van der Waals surface area contributed by atoms with E-state index in [1.807, 2.05) is 0 Å². The lowest BCUT2D eigenvalue weighted by Gasteiger charge is -2.26. The molecule has 0 saturated heterocycles.